The molecule has 0 amide bonds. The zero-order valence-corrected chi connectivity index (χ0v) is 14.8. The third-order valence-corrected chi connectivity index (χ3v) is 4.63. The molecule has 0 N–H and O–H groups in total. The Morgan fingerprint density at radius 1 is 1.21 bits per heavy atom. The van der Waals surface area contributed by atoms with Gasteiger partial charge in [0.05, 0.1) is 12.3 Å². The van der Waals surface area contributed by atoms with Gasteiger partial charge in [-0.15, -0.1) is 0 Å². The molecule has 0 spiro atoms. The Morgan fingerprint density at radius 2 is 2.00 bits per heavy atom. The lowest BCUT2D eigenvalue weighted by Crippen LogP contribution is -2.15. The van der Waals surface area contributed by atoms with Gasteiger partial charge < -0.3 is 4.74 Å². The topological polar surface area (TPSA) is 43.6 Å². The smallest absolute Gasteiger partial charge is 0.258 e. The van der Waals surface area contributed by atoms with Crippen molar-refractivity contribution in [3.05, 3.63) is 75.3 Å². The Bertz CT molecular complexity index is 894. The van der Waals surface area contributed by atoms with E-state index in [0.717, 1.165) is 22.8 Å². The molecule has 0 bridgehead atoms. The van der Waals surface area contributed by atoms with E-state index in [-0.39, 0.29) is 5.56 Å². The zero-order chi connectivity index (χ0) is 16.9. The molecular weight excluding hydrogens is 344 g/mol. The quantitative estimate of drug-likeness (QED) is 0.624. The molecule has 0 saturated carbocycles. The Morgan fingerprint density at radius 3 is 2.79 bits per heavy atom. The van der Waals surface area contributed by atoms with Gasteiger partial charge in [0.15, 0.2) is 0 Å². The van der Waals surface area contributed by atoms with Crippen LogP contribution in [0, 0.1) is 6.92 Å². The molecule has 6 heteroatoms. The van der Waals surface area contributed by atoms with Gasteiger partial charge in [0.2, 0.25) is 0 Å². The van der Waals surface area contributed by atoms with Crippen LogP contribution < -0.4 is 10.3 Å². The Labute approximate surface area is 149 Å². The summed E-state index contributed by atoms with van der Waals surface area (Å²) in [7, 11) is 0. The molecule has 0 aliphatic rings. The summed E-state index contributed by atoms with van der Waals surface area (Å²) < 4.78 is 7.22. The zero-order valence-electron chi connectivity index (χ0n) is 13.2. The second kappa shape index (κ2) is 7.73. The molecular formula is C18H17ClN2O2S. The summed E-state index contributed by atoms with van der Waals surface area (Å²) in [5.74, 6) is 2.30. The summed E-state index contributed by atoms with van der Waals surface area (Å²) in [4.78, 5) is 16.7. The fourth-order valence-corrected chi connectivity index (χ4v) is 3.09. The van der Waals surface area contributed by atoms with Crippen molar-refractivity contribution in [1.29, 1.82) is 0 Å². The van der Waals surface area contributed by atoms with Crippen molar-refractivity contribution in [3.8, 4) is 5.75 Å². The number of pyridine rings is 1. The molecule has 0 radical (unpaired) electrons. The van der Waals surface area contributed by atoms with Crippen LogP contribution in [0.15, 0.2) is 53.5 Å². The molecule has 1 aromatic carbocycles. The van der Waals surface area contributed by atoms with Crippen LogP contribution in [0.4, 0.5) is 0 Å². The third kappa shape index (κ3) is 4.30. The molecule has 0 aliphatic heterocycles. The summed E-state index contributed by atoms with van der Waals surface area (Å²) in [6.45, 7) is 2.55. The van der Waals surface area contributed by atoms with Crippen LogP contribution >= 0.6 is 23.4 Å². The first-order chi connectivity index (χ1) is 11.6. The Kier molecular flexibility index (Phi) is 5.43. The first-order valence-electron chi connectivity index (χ1n) is 7.57. The molecule has 0 atom stereocenters. The van der Waals surface area contributed by atoms with Crippen molar-refractivity contribution in [3.63, 3.8) is 0 Å². The lowest BCUT2D eigenvalue weighted by atomic mass is 10.3. The van der Waals surface area contributed by atoms with Gasteiger partial charge in [0.1, 0.15) is 11.4 Å². The van der Waals surface area contributed by atoms with Crippen LogP contribution in [0.25, 0.3) is 5.65 Å². The molecule has 2 aromatic heterocycles. The number of nitrogens with zero attached hydrogens (tertiary/aromatic N) is 2. The number of hydrogen-bond donors (Lipinski definition) is 0. The van der Waals surface area contributed by atoms with Crippen molar-refractivity contribution in [2.45, 2.75) is 12.7 Å². The van der Waals surface area contributed by atoms with E-state index in [2.05, 4.69) is 4.98 Å². The first kappa shape index (κ1) is 16.9. The third-order valence-electron chi connectivity index (χ3n) is 3.42. The minimum absolute atomic E-state index is 0.0447. The summed E-state index contributed by atoms with van der Waals surface area (Å²) >= 11 is 7.52. The lowest BCUT2D eigenvalue weighted by molar-refractivity contribution is 0.344. The van der Waals surface area contributed by atoms with Crippen LogP contribution in [0.5, 0.6) is 5.75 Å². The average molecular weight is 361 g/mol. The largest absolute Gasteiger partial charge is 0.493 e. The highest BCUT2D eigenvalue weighted by Crippen LogP contribution is 2.16. The van der Waals surface area contributed by atoms with E-state index in [1.807, 2.05) is 37.4 Å². The highest BCUT2D eigenvalue weighted by molar-refractivity contribution is 7.98. The molecule has 0 aliphatic carbocycles. The first-order valence-corrected chi connectivity index (χ1v) is 9.10. The SMILES string of the molecule is Cc1ccc2nc(CSCCOc3ccc(Cl)cc3)cc(=O)n2c1. The Balaban J connectivity index is 1.53. The highest BCUT2D eigenvalue weighted by atomic mass is 35.5. The maximum absolute atomic E-state index is 12.1. The van der Waals surface area contributed by atoms with Gasteiger partial charge in [-0.1, -0.05) is 17.7 Å². The lowest BCUT2D eigenvalue weighted by Gasteiger charge is -2.07. The molecule has 3 aromatic rings. The monoisotopic (exact) mass is 360 g/mol. The van der Waals surface area contributed by atoms with E-state index in [0.29, 0.717) is 23.0 Å². The van der Waals surface area contributed by atoms with E-state index in [1.165, 1.54) is 0 Å². The van der Waals surface area contributed by atoms with Gasteiger partial charge in [-0.25, -0.2) is 4.98 Å². The van der Waals surface area contributed by atoms with E-state index in [4.69, 9.17) is 16.3 Å². The predicted octanol–water partition coefficient (Wildman–Crippen LogP) is 3.97. The van der Waals surface area contributed by atoms with Gasteiger partial charge in [0.25, 0.3) is 5.56 Å². The number of halogens is 1. The molecule has 0 unspecified atom stereocenters. The second-order valence-electron chi connectivity index (χ2n) is 5.38. The number of hydrogen-bond acceptors (Lipinski definition) is 4. The number of thioether (sulfide) groups is 1. The fourth-order valence-electron chi connectivity index (χ4n) is 2.26. The number of fused-ring (bicyclic) bond motifs is 1. The number of benzene rings is 1. The summed E-state index contributed by atoms with van der Waals surface area (Å²) in [6.07, 6.45) is 1.81. The molecule has 124 valence electrons. The highest BCUT2D eigenvalue weighted by Gasteiger charge is 2.03. The molecule has 3 rings (SSSR count). The summed E-state index contributed by atoms with van der Waals surface area (Å²) in [5.41, 5.74) is 2.46. The van der Waals surface area contributed by atoms with Crippen LogP contribution in [-0.4, -0.2) is 21.7 Å². The van der Waals surface area contributed by atoms with Crippen LogP contribution in [0.2, 0.25) is 5.02 Å². The Hall–Kier alpha value is -1.98. The van der Waals surface area contributed by atoms with Crippen LogP contribution in [0.1, 0.15) is 11.3 Å². The van der Waals surface area contributed by atoms with E-state index in [9.17, 15) is 4.79 Å². The van der Waals surface area contributed by atoms with Gasteiger partial charge >= 0.3 is 0 Å². The summed E-state index contributed by atoms with van der Waals surface area (Å²) in [6, 6.07) is 12.7. The fraction of sp³-hybridized carbons (Fsp3) is 0.222. The van der Waals surface area contributed by atoms with Crippen molar-refractivity contribution >= 4 is 29.0 Å². The van der Waals surface area contributed by atoms with Gasteiger partial charge in [-0.3, -0.25) is 9.20 Å². The molecule has 4 nitrogen and oxygen atoms in total. The minimum Gasteiger partial charge on any atom is -0.493 e. The van der Waals surface area contributed by atoms with Crippen LogP contribution in [-0.2, 0) is 5.75 Å². The molecule has 24 heavy (non-hydrogen) atoms. The van der Waals surface area contributed by atoms with E-state index < -0.39 is 0 Å². The number of rotatable bonds is 6. The predicted molar refractivity (Wildman–Crippen MR) is 99.3 cm³/mol. The average Bonchev–Trinajstić information content (AvgIpc) is 2.57. The summed E-state index contributed by atoms with van der Waals surface area (Å²) in [5, 5.41) is 0.695. The number of ether oxygens (including phenoxy) is 1. The maximum Gasteiger partial charge on any atom is 0.258 e. The standard InChI is InChI=1S/C18H17ClN2O2S/c1-13-2-7-17-20-15(10-18(22)21(17)11-13)12-24-9-8-23-16-5-3-14(19)4-6-16/h2-7,10-11H,8-9,12H2,1H3. The van der Waals surface area contributed by atoms with Crippen molar-refractivity contribution in [2.24, 2.45) is 0 Å². The van der Waals surface area contributed by atoms with Crippen molar-refractivity contribution in [1.82, 2.24) is 9.38 Å². The van der Waals surface area contributed by atoms with Crippen LogP contribution in [0.3, 0.4) is 0 Å². The maximum atomic E-state index is 12.1. The van der Waals surface area contributed by atoms with Gasteiger partial charge in [-0.2, -0.15) is 11.8 Å². The van der Waals surface area contributed by atoms with Crippen molar-refractivity contribution in [2.75, 3.05) is 12.4 Å². The second-order valence-corrected chi connectivity index (χ2v) is 6.92. The van der Waals surface area contributed by atoms with Gasteiger partial charge in [0, 0.05) is 28.8 Å². The normalized spacial score (nSPS) is 10.9. The minimum atomic E-state index is -0.0447. The molecule has 2 heterocycles. The van der Waals surface area contributed by atoms with E-state index >= 15 is 0 Å². The van der Waals surface area contributed by atoms with Crippen molar-refractivity contribution < 1.29 is 4.74 Å². The molecule has 0 saturated heterocycles. The van der Waals surface area contributed by atoms with E-state index in [1.54, 1.807) is 34.4 Å². The number of aryl methyl sites for hydroxylation is 1. The molecule has 0 fully saturated rings. The van der Waals surface area contributed by atoms with Gasteiger partial charge in [-0.05, 0) is 42.8 Å². The number of aromatic nitrogens is 2.